The number of hydrogen-bond acceptors (Lipinski definition) is 4. The quantitative estimate of drug-likeness (QED) is 0.322. The van der Waals surface area contributed by atoms with Gasteiger partial charge >= 0.3 is 0 Å². The van der Waals surface area contributed by atoms with Gasteiger partial charge in [0.2, 0.25) is 0 Å². The largest absolute Gasteiger partial charge is 0.361 e. The molecule has 0 saturated carbocycles. The van der Waals surface area contributed by atoms with Crippen LogP contribution in [0.1, 0.15) is 39.9 Å². The van der Waals surface area contributed by atoms with Gasteiger partial charge in [-0.25, -0.2) is 0 Å². The lowest BCUT2D eigenvalue weighted by atomic mass is 10.1. The van der Waals surface area contributed by atoms with E-state index in [1.165, 1.54) is 0 Å². The number of benzene rings is 1. The van der Waals surface area contributed by atoms with E-state index in [9.17, 15) is 4.79 Å². The summed E-state index contributed by atoms with van der Waals surface area (Å²) in [5.74, 6) is 1.66. The molecule has 0 aliphatic rings. The molecule has 8 heteroatoms. The maximum absolute atomic E-state index is 12.1. The van der Waals surface area contributed by atoms with E-state index in [4.69, 9.17) is 4.52 Å². The third-order valence-electron chi connectivity index (χ3n) is 4.44. The number of hydrogen-bond donors (Lipinski definition) is 2. The molecule has 160 valence electrons. The molecule has 29 heavy (non-hydrogen) atoms. The summed E-state index contributed by atoms with van der Waals surface area (Å²) < 4.78 is 5.20. The van der Waals surface area contributed by atoms with Gasteiger partial charge in [-0.3, -0.25) is 9.79 Å². The Morgan fingerprint density at radius 1 is 1.21 bits per heavy atom. The first kappa shape index (κ1) is 24.9. The second-order valence-electron chi connectivity index (χ2n) is 6.89. The highest BCUT2D eigenvalue weighted by Gasteiger charge is 2.09. The van der Waals surface area contributed by atoms with E-state index < -0.39 is 0 Å². The van der Waals surface area contributed by atoms with Crippen molar-refractivity contribution in [2.75, 3.05) is 33.7 Å². The SMILES string of the molecule is CCNC(=NCCc1c(C)noc1C)NCCc1cccc(C(=O)N(C)C)c1.I. The predicted octanol–water partition coefficient (Wildman–Crippen LogP) is 2.95. The monoisotopic (exact) mass is 513 g/mol. The van der Waals surface area contributed by atoms with E-state index in [2.05, 4.69) is 20.8 Å². The minimum atomic E-state index is 0. The van der Waals surface area contributed by atoms with Gasteiger partial charge in [-0.1, -0.05) is 17.3 Å². The number of nitrogens with one attached hydrogen (secondary N) is 2. The highest BCUT2D eigenvalue weighted by Crippen LogP contribution is 2.12. The van der Waals surface area contributed by atoms with Crippen molar-refractivity contribution in [2.24, 2.45) is 4.99 Å². The third kappa shape index (κ3) is 7.68. The van der Waals surface area contributed by atoms with Crippen molar-refractivity contribution in [3.05, 3.63) is 52.4 Å². The van der Waals surface area contributed by atoms with Crippen molar-refractivity contribution in [2.45, 2.75) is 33.6 Å². The zero-order valence-electron chi connectivity index (χ0n) is 17.9. The van der Waals surface area contributed by atoms with Crippen LogP contribution in [0, 0.1) is 13.8 Å². The van der Waals surface area contributed by atoms with Crippen LogP contribution in [0.3, 0.4) is 0 Å². The minimum Gasteiger partial charge on any atom is -0.361 e. The third-order valence-corrected chi connectivity index (χ3v) is 4.44. The van der Waals surface area contributed by atoms with Gasteiger partial charge in [-0.15, -0.1) is 24.0 Å². The molecule has 0 bridgehead atoms. The Morgan fingerprint density at radius 3 is 2.59 bits per heavy atom. The van der Waals surface area contributed by atoms with Crippen LogP contribution in [0.4, 0.5) is 0 Å². The molecule has 0 unspecified atom stereocenters. The van der Waals surface area contributed by atoms with E-state index in [0.29, 0.717) is 12.1 Å². The molecule has 2 rings (SSSR count). The molecule has 0 radical (unpaired) electrons. The number of guanidine groups is 1. The maximum atomic E-state index is 12.1. The van der Waals surface area contributed by atoms with Crippen molar-refractivity contribution < 1.29 is 9.32 Å². The Balaban J connectivity index is 0.00000420. The molecule has 0 saturated heterocycles. The fourth-order valence-electron chi connectivity index (χ4n) is 2.92. The summed E-state index contributed by atoms with van der Waals surface area (Å²) in [5.41, 5.74) is 3.88. The summed E-state index contributed by atoms with van der Waals surface area (Å²) >= 11 is 0. The van der Waals surface area contributed by atoms with Crippen LogP contribution in [0.15, 0.2) is 33.8 Å². The molecule has 0 spiro atoms. The van der Waals surface area contributed by atoms with Crippen LogP contribution >= 0.6 is 24.0 Å². The minimum absolute atomic E-state index is 0. The Kier molecular flexibility index (Phi) is 10.7. The van der Waals surface area contributed by atoms with E-state index in [-0.39, 0.29) is 29.9 Å². The van der Waals surface area contributed by atoms with Gasteiger partial charge in [0.1, 0.15) is 5.76 Å². The summed E-state index contributed by atoms with van der Waals surface area (Å²) in [6.45, 7) is 8.11. The Hall–Kier alpha value is -2.10. The van der Waals surface area contributed by atoms with Crippen molar-refractivity contribution >= 4 is 35.8 Å². The highest BCUT2D eigenvalue weighted by molar-refractivity contribution is 14.0. The Labute approximate surface area is 190 Å². The van der Waals surface area contributed by atoms with Gasteiger partial charge in [0.15, 0.2) is 5.96 Å². The molecular weight excluding hydrogens is 481 g/mol. The van der Waals surface area contributed by atoms with Gasteiger partial charge in [-0.2, -0.15) is 0 Å². The van der Waals surface area contributed by atoms with E-state index in [1.54, 1.807) is 19.0 Å². The van der Waals surface area contributed by atoms with E-state index in [0.717, 1.165) is 54.5 Å². The molecule has 1 amide bonds. The first-order chi connectivity index (χ1) is 13.4. The molecule has 2 N–H and O–H groups in total. The predicted molar refractivity (Wildman–Crippen MR) is 127 cm³/mol. The van der Waals surface area contributed by atoms with Gasteiger partial charge in [0.25, 0.3) is 5.91 Å². The highest BCUT2D eigenvalue weighted by atomic mass is 127. The summed E-state index contributed by atoms with van der Waals surface area (Å²) in [4.78, 5) is 18.3. The number of amides is 1. The zero-order chi connectivity index (χ0) is 20.5. The van der Waals surface area contributed by atoms with Crippen LogP contribution in [-0.4, -0.2) is 55.7 Å². The van der Waals surface area contributed by atoms with Crippen molar-refractivity contribution in [1.29, 1.82) is 0 Å². The fourth-order valence-corrected chi connectivity index (χ4v) is 2.92. The fraction of sp³-hybridized carbons (Fsp3) is 0.476. The van der Waals surface area contributed by atoms with Crippen molar-refractivity contribution in [1.82, 2.24) is 20.7 Å². The average Bonchev–Trinajstić information content (AvgIpc) is 2.99. The summed E-state index contributed by atoms with van der Waals surface area (Å²) in [6.07, 6.45) is 1.61. The molecule has 1 aromatic heterocycles. The van der Waals surface area contributed by atoms with Crippen molar-refractivity contribution in [3.63, 3.8) is 0 Å². The number of aryl methyl sites for hydroxylation is 2. The maximum Gasteiger partial charge on any atom is 0.253 e. The number of carbonyl (C=O) groups is 1. The van der Waals surface area contributed by atoms with Gasteiger partial charge in [-0.05, 0) is 51.3 Å². The van der Waals surface area contributed by atoms with Gasteiger partial charge in [0.05, 0.1) is 5.69 Å². The molecule has 1 aromatic carbocycles. The zero-order valence-corrected chi connectivity index (χ0v) is 20.2. The number of halogens is 1. The normalized spacial score (nSPS) is 11.0. The Morgan fingerprint density at radius 2 is 1.97 bits per heavy atom. The number of nitrogens with zero attached hydrogens (tertiary/aromatic N) is 3. The van der Waals surface area contributed by atoms with E-state index in [1.807, 2.05) is 45.0 Å². The first-order valence-electron chi connectivity index (χ1n) is 9.66. The lowest BCUT2D eigenvalue weighted by Crippen LogP contribution is -2.38. The van der Waals surface area contributed by atoms with Crippen molar-refractivity contribution in [3.8, 4) is 0 Å². The van der Waals surface area contributed by atoms with Gasteiger partial charge in [0, 0.05) is 44.9 Å². The first-order valence-corrected chi connectivity index (χ1v) is 9.66. The number of carbonyl (C=O) groups excluding carboxylic acids is 1. The van der Waals surface area contributed by atoms with Crippen LogP contribution in [0.5, 0.6) is 0 Å². The topological polar surface area (TPSA) is 82.8 Å². The molecular formula is C21H32IN5O2. The van der Waals surface area contributed by atoms with Crippen LogP contribution in [0.25, 0.3) is 0 Å². The Bertz CT molecular complexity index is 798. The molecule has 7 nitrogen and oxygen atoms in total. The lowest BCUT2D eigenvalue weighted by Gasteiger charge is -2.13. The molecule has 0 aliphatic carbocycles. The molecule has 0 fully saturated rings. The summed E-state index contributed by atoms with van der Waals surface area (Å²) in [7, 11) is 3.52. The molecule has 0 aliphatic heterocycles. The standard InChI is InChI=1S/C21H31N5O2.HI/c1-6-22-21(24-13-11-19-15(2)25-28-16(19)3)23-12-10-17-8-7-9-18(14-17)20(27)26(4)5;/h7-9,14H,6,10-13H2,1-5H3,(H2,22,23,24);1H. The summed E-state index contributed by atoms with van der Waals surface area (Å²) in [5, 5.41) is 10.6. The number of aromatic nitrogens is 1. The molecule has 1 heterocycles. The second kappa shape index (κ2) is 12.5. The summed E-state index contributed by atoms with van der Waals surface area (Å²) in [6, 6.07) is 7.76. The second-order valence-corrected chi connectivity index (χ2v) is 6.89. The van der Waals surface area contributed by atoms with Crippen LogP contribution < -0.4 is 10.6 Å². The number of rotatable bonds is 8. The molecule has 2 aromatic rings. The van der Waals surface area contributed by atoms with Crippen LogP contribution in [0.2, 0.25) is 0 Å². The van der Waals surface area contributed by atoms with Crippen LogP contribution in [-0.2, 0) is 12.8 Å². The smallest absolute Gasteiger partial charge is 0.253 e. The number of aliphatic imine (C=N–C) groups is 1. The van der Waals surface area contributed by atoms with E-state index >= 15 is 0 Å². The average molecular weight is 513 g/mol. The van der Waals surface area contributed by atoms with Gasteiger partial charge < -0.3 is 20.1 Å². The lowest BCUT2D eigenvalue weighted by molar-refractivity contribution is 0.0827. The molecule has 0 atom stereocenters.